The van der Waals surface area contributed by atoms with Crippen LogP contribution >= 0.6 is 0 Å². The molecule has 0 bridgehead atoms. The smallest absolute Gasteiger partial charge is 0.0216 e. The Morgan fingerprint density at radius 3 is 2.15 bits per heavy atom. The van der Waals surface area contributed by atoms with E-state index in [9.17, 15) is 0 Å². The number of aryl methyl sites for hydroxylation is 1. The molecule has 0 nitrogen and oxygen atoms in total. The molecule has 1 saturated carbocycles. The minimum Gasteiger partial charge on any atom is -0.0955 e. The van der Waals surface area contributed by atoms with Crippen molar-refractivity contribution in [3.63, 3.8) is 0 Å². The summed E-state index contributed by atoms with van der Waals surface area (Å²) in [5.74, 6) is 0.797. The molecule has 0 aromatic heterocycles. The fraction of sp³-hybridized carbons (Fsp3) is 0.220. The van der Waals surface area contributed by atoms with Gasteiger partial charge in [-0.3, -0.25) is 0 Å². The fourth-order valence-electron chi connectivity index (χ4n) is 7.07. The lowest BCUT2D eigenvalue weighted by Crippen LogP contribution is -2.21. The molecule has 3 aromatic rings. The van der Waals surface area contributed by atoms with Gasteiger partial charge in [0.05, 0.1) is 0 Å². The summed E-state index contributed by atoms with van der Waals surface area (Å²) in [6.07, 6.45) is 12.8. The third kappa shape index (κ3) is 5.20. The van der Waals surface area contributed by atoms with E-state index < -0.39 is 0 Å². The Morgan fingerprint density at radius 1 is 0.829 bits per heavy atom. The molecule has 3 aliphatic carbocycles. The summed E-state index contributed by atoms with van der Waals surface area (Å²) in [4.78, 5) is 0. The van der Waals surface area contributed by atoms with Crippen molar-refractivity contribution in [3.8, 4) is 0 Å². The van der Waals surface area contributed by atoms with E-state index in [2.05, 4.69) is 137 Å². The zero-order chi connectivity index (χ0) is 28.5. The minimum absolute atomic E-state index is 0.260. The quantitative estimate of drug-likeness (QED) is 0.284. The fourth-order valence-corrected chi connectivity index (χ4v) is 7.07. The molecule has 0 heterocycles. The van der Waals surface area contributed by atoms with Crippen molar-refractivity contribution in [3.05, 3.63) is 184 Å². The molecule has 0 radical (unpaired) electrons. The Bertz CT molecular complexity index is 1630. The lowest BCUT2D eigenvalue weighted by atomic mass is 9.69. The van der Waals surface area contributed by atoms with E-state index in [0.29, 0.717) is 0 Å². The predicted octanol–water partition coefficient (Wildman–Crippen LogP) is 11.0. The normalized spacial score (nSPS) is 22.9. The maximum absolute atomic E-state index is 4.78. The number of rotatable bonds is 7. The second kappa shape index (κ2) is 11.4. The van der Waals surface area contributed by atoms with E-state index in [-0.39, 0.29) is 17.8 Å². The highest BCUT2D eigenvalue weighted by molar-refractivity contribution is 5.86. The van der Waals surface area contributed by atoms with E-state index in [4.69, 9.17) is 6.58 Å². The van der Waals surface area contributed by atoms with E-state index in [1.54, 1.807) is 0 Å². The van der Waals surface area contributed by atoms with Gasteiger partial charge in [0.2, 0.25) is 0 Å². The standard InChI is InChI=1S/C41H40/c1-6-13-28(3)39-29(4)22-37-24-34(30(5)40(37)41(39)33-16-11-8-12-17-33)23-36-25-35(31-14-9-7-10-15-31)26-38(36)32-20-18-27(2)19-21-32/h7-12,14-23,25-26,35,40-41H,3,5-6,13,24H2,1-2,4H3. The number of hydrogen-bond acceptors (Lipinski definition) is 0. The Labute approximate surface area is 246 Å². The monoisotopic (exact) mass is 532 g/mol. The van der Waals surface area contributed by atoms with Gasteiger partial charge in [-0.1, -0.05) is 152 Å². The van der Waals surface area contributed by atoms with E-state index >= 15 is 0 Å². The lowest BCUT2D eigenvalue weighted by Gasteiger charge is -2.34. The van der Waals surface area contributed by atoms with Gasteiger partial charge in [-0.25, -0.2) is 0 Å². The second-order valence-electron chi connectivity index (χ2n) is 11.9. The largest absolute Gasteiger partial charge is 0.0955 e. The van der Waals surface area contributed by atoms with Crippen molar-refractivity contribution in [2.45, 2.75) is 51.9 Å². The van der Waals surface area contributed by atoms with Crippen molar-refractivity contribution < 1.29 is 0 Å². The molecule has 3 aliphatic rings. The van der Waals surface area contributed by atoms with Crippen LogP contribution in [0.1, 0.15) is 67.2 Å². The Hall–Kier alpha value is -4.16. The van der Waals surface area contributed by atoms with Gasteiger partial charge in [-0.05, 0) is 76.8 Å². The van der Waals surface area contributed by atoms with Crippen LogP contribution in [0.3, 0.4) is 0 Å². The molecule has 3 atom stereocenters. The topological polar surface area (TPSA) is 0 Å². The highest BCUT2D eigenvalue weighted by Crippen LogP contribution is 2.55. The molecule has 0 spiro atoms. The van der Waals surface area contributed by atoms with Crippen molar-refractivity contribution in [1.82, 2.24) is 0 Å². The number of allylic oxidation sites excluding steroid dienone is 12. The lowest BCUT2D eigenvalue weighted by molar-refractivity contribution is 0.619. The highest BCUT2D eigenvalue weighted by atomic mass is 14.4. The Morgan fingerprint density at radius 2 is 1.49 bits per heavy atom. The van der Waals surface area contributed by atoms with Crippen LogP contribution in [-0.4, -0.2) is 0 Å². The molecule has 204 valence electrons. The van der Waals surface area contributed by atoms with Crippen molar-refractivity contribution in [1.29, 1.82) is 0 Å². The van der Waals surface area contributed by atoms with E-state index in [1.807, 2.05) is 0 Å². The van der Waals surface area contributed by atoms with Crippen molar-refractivity contribution in [2.75, 3.05) is 0 Å². The number of fused-ring (bicyclic) bond motifs is 1. The zero-order valence-corrected chi connectivity index (χ0v) is 24.7. The maximum Gasteiger partial charge on any atom is 0.0216 e. The van der Waals surface area contributed by atoms with Gasteiger partial charge in [0.1, 0.15) is 0 Å². The molecule has 0 heteroatoms. The molecule has 0 N–H and O–H groups in total. The third-order valence-corrected chi connectivity index (χ3v) is 9.04. The Kier molecular flexibility index (Phi) is 7.50. The molecule has 3 aromatic carbocycles. The van der Waals surface area contributed by atoms with Gasteiger partial charge in [0.15, 0.2) is 0 Å². The van der Waals surface area contributed by atoms with Crippen LogP contribution in [-0.2, 0) is 0 Å². The first kappa shape index (κ1) is 27.0. The van der Waals surface area contributed by atoms with Crippen LogP contribution < -0.4 is 0 Å². The molecule has 6 rings (SSSR count). The third-order valence-electron chi connectivity index (χ3n) is 9.04. The van der Waals surface area contributed by atoms with Crippen LogP contribution in [0.15, 0.2) is 161 Å². The van der Waals surface area contributed by atoms with Crippen LogP contribution in [0.25, 0.3) is 5.57 Å². The number of hydrogen-bond donors (Lipinski definition) is 0. The highest BCUT2D eigenvalue weighted by Gasteiger charge is 2.41. The minimum atomic E-state index is 0.260. The van der Waals surface area contributed by atoms with Gasteiger partial charge in [-0.2, -0.15) is 0 Å². The molecular weight excluding hydrogens is 492 g/mol. The molecule has 0 aliphatic heterocycles. The molecular formula is C41H40. The zero-order valence-electron chi connectivity index (χ0n) is 24.7. The van der Waals surface area contributed by atoms with Crippen molar-refractivity contribution in [2.24, 2.45) is 5.92 Å². The van der Waals surface area contributed by atoms with Crippen LogP contribution in [0.2, 0.25) is 0 Å². The summed E-state index contributed by atoms with van der Waals surface area (Å²) < 4.78 is 0. The summed E-state index contributed by atoms with van der Waals surface area (Å²) in [7, 11) is 0. The summed E-state index contributed by atoms with van der Waals surface area (Å²) in [5, 5.41) is 0. The summed E-state index contributed by atoms with van der Waals surface area (Å²) >= 11 is 0. The van der Waals surface area contributed by atoms with Gasteiger partial charge in [-0.15, -0.1) is 0 Å². The molecule has 41 heavy (non-hydrogen) atoms. The Balaban J connectivity index is 1.41. The summed E-state index contributed by atoms with van der Waals surface area (Å²) in [5.41, 5.74) is 16.0. The summed E-state index contributed by atoms with van der Waals surface area (Å²) in [6.45, 7) is 16.0. The van der Waals surface area contributed by atoms with Crippen LogP contribution in [0.4, 0.5) is 0 Å². The van der Waals surface area contributed by atoms with Crippen LogP contribution in [0.5, 0.6) is 0 Å². The van der Waals surface area contributed by atoms with E-state index in [1.165, 1.54) is 66.8 Å². The van der Waals surface area contributed by atoms with E-state index in [0.717, 1.165) is 19.3 Å². The SMILES string of the molecule is C=C(CCC)C1=C(C)C=C2CC(=CC3=CC(c4ccccc4)C=C3c3ccc(C)cc3)C(=C)C2C1c1ccccc1. The number of benzene rings is 3. The molecule has 1 fully saturated rings. The first-order chi connectivity index (χ1) is 19.9. The predicted molar refractivity (Wildman–Crippen MR) is 176 cm³/mol. The molecule has 0 amide bonds. The summed E-state index contributed by atoms with van der Waals surface area (Å²) in [6, 6.07) is 30.8. The van der Waals surface area contributed by atoms with Gasteiger partial charge >= 0.3 is 0 Å². The van der Waals surface area contributed by atoms with Gasteiger partial charge < -0.3 is 0 Å². The molecule has 3 unspecified atom stereocenters. The van der Waals surface area contributed by atoms with Crippen molar-refractivity contribution >= 4 is 5.57 Å². The maximum atomic E-state index is 4.78. The first-order valence-corrected chi connectivity index (χ1v) is 15.0. The first-order valence-electron chi connectivity index (χ1n) is 15.0. The van der Waals surface area contributed by atoms with Crippen LogP contribution in [0, 0.1) is 12.8 Å². The van der Waals surface area contributed by atoms with Gasteiger partial charge in [0, 0.05) is 17.8 Å². The average molecular weight is 533 g/mol. The second-order valence-corrected chi connectivity index (χ2v) is 11.9. The average Bonchev–Trinajstić information content (AvgIpc) is 3.54. The van der Waals surface area contributed by atoms with Gasteiger partial charge in [0.25, 0.3) is 0 Å². The molecule has 0 saturated heterocycles.